The van der Waals surface area contributed by atoms with Crippen LogP contribution in [0.1, 0.15) is 21.5 Å². The summed E-state index contributed by atoms with van der Waals surface area (Å²) < 4.78 is 0. The van der Waals surface area contributed by atoms with Gasteiger partial charge < -0.3 is 15.3 Å². The normalized spacial score (nSPS) is 10.7. The van der Waals surface area contributed by atoms with Gasteiger partial charge in [0.25, 0.3) is 0 Å². The van der Waals surface area contributed by atoms with Crippen LogP contribution in [-0.4, -0.2) is 27.1 Å². The van der Waals surface area contributed by atoms with E-state index in [9.17, 15) is 19.8 Å². The third-order valence-electron chi connectivity index (χ3n) is 3.00. The van der Waals surface area contributed by atoms with Crippen LogP contribution in [-0.2, 0) is 11.2 Å². The van der Waals surface area contributed by atoms with Crippen LogP contribution in [0.5, 0.6) is 11.5 Å². The van der Waals surface area contributed by atoms with Crippen LogP contribution < -0.4 is 0 Å². The lowest BCUT2D eigenvalue weighted by molar-refractivity contribution is -0.136. The summed E-state index contributed by atoms with van der Waals surface area (Å²) in [6.45, 7) is 0. The number of phenols is 2. The van der Waals surface area contributed by atoms with Crippen LogP contribution >= 0.6 is 0 Å². The summed E-state index contributed by atoms with van der Waals surface area (Å²) in [5, 5.41) is 27.7. The van der Waals surface area contributed by atoms with Gasteiger partial charge in [0.1, 0.15) is 11.5 Å². The lowest BCUT2D eigenvalue weighted by Gasteiger charge is -2.04. The second-order valence-electron chi connectivity index (χ2n) is 4.71. The van der Waals surface area contributed by atoms with Gasteiger partial charge in [-0.25, -0.2) is 0 Å². The van der Waals surface area contributed by atoms with Crippen molar-refractivity contribution in [2.24, 2.45) is 0 Å². The Balaban J connectivity index is 2.21. The maximum Gasteiger partial charge on any atom is 0.307 e. The number of hydrogen-bond donors (Lipinski definition) is 3. The summed E-state index contributed by atoms with van der Waals surface area (Å²) in [7, 11) is 0. The molecule has 0 amide bonds. The van der Waals surface area contributed by atoms with E-state index in [-0.39, 0.29) is 23.5 Å². The van der Waals surface area contributed by atoms with Crippen LogP contribution in [0.25, 0.3) is 6.08 Å². The molecule has 0 bridgehead atoms. The Morgan fingerprint density at radius 3 is 2.32 bits per heavy atom. The van der Waals surface area contributed by atoms with E-state index in [1.807, 2.05) is 0 Å². The Morgan fingerprint density at radius 1 is 1.00 bits per heavy atom. The summed E-state index contributed by atoms with van der Waals surface area (Å²) in [6.07, 6.45) is 2.61. The van der Waals surface area contributed by atoms with Gasteiger partial charge in [0, 0.05) is 0 Å². The molecule has 0 radical (unpaired) electrons. The second-order valence-corrected chi connectivity index (χ2v) is 4.71. The predicted octanol–water partition coefficient (Wildman–Crippen LogP) is 2.62. The monoisotopic (exact) mass is 298 g/mol. The average molecular weight is 298 g/mol. The van der Waals surface area contributed by atoms with Gasteiger partial charge in [-0.2, -0.15) is 0 Å². The number of phenolic OH excluding ortho intramolecular Hbond substituents is 2. The summed E-state index contributed by atoms with van der Waals surface area (Å²) in [5.41, 5.74) is 1.20. The molecule has 0 saturated carbocycles. The molecule has 0 aliphatic carbocycles. The smallest absolute Gasteiger partial charge is 0.307 e. The molecule has 22 heavy (non-hydrogen) atoms. The van der Waals surface area contributed by atoms with E-state index < -0.39 is 11.8 Å². The average Bonchev–Trinajstić information content (AvgIpc) is 2.48. The molecule has 0 atom stereocenters. The predicted molar refractivity (Wildman–Crippen MR) is 80.9 cm³/mol. The molecule has 0 heterocycles. The van der Waals surface area contributed by atoms with E-state index in [0.717, 1.165) is 0 Å². The lowest BCUT2D eigenvalue weighted by Crippen LogP contribution is -2.02. The molecule has 0 aliphatic rings. The number of carbonyl (C=O) groups excluding carboxylic acids is 1. The van der Waals surface area contributed by atoms with Crippen LogP contribution in [0.3, 0.4) is 0 Å². The fraction of sp³-hybridized carbons (Fsp3) is 0.0588. The Labute approximate surface area is 126 Å². The molecule has 2 aromatic carbocycles. The first-order valence-corrected chi connectivity index (χ1v) is 6.51. The van der Waals surface area contributed by atoms with Gasteiger partial charge in [0.2, 0.25) is 0 Å². The van der Waals surface area contributed by atoms with Crippen molar-refractivity contribution in [3.05, 3.63) is 65.2 Å². The Hall–Kier alpha value is -3.08. The summed E-state index contributed by atoms with van der Waals surface area (Å²) >= 11 is 0. The van der Waals surface area contributed by atoms with E-state index in [2.05, 4.69) is 0 Å². The van der Waals surface area contributed by atoms with E-state index in [4.69, 9.17) is 5.11 Å². The number of rotatable bonds is 5. The van der Waals surface area contributed by atoms with Crippen LogP contribution in [0.4, 0.5) is 0 Å². The molecular weight excluding hydrogens is 284 g/mol. The first kappa shape index (κ1) is 15.3. The van der Waals surface area contributed by atoms with E-state index in [1.54, 1.807) is 18.2 Å². The van der Waals surface area contributed by atoms with Crippen molar-refractivity contribution in [2.45, 2.75) is 6.42 Å². The van der Waals surface area contributed by atoms with Gasteiger partial charge >= 0.3 is 5.97 Å². The number of carboxylic acids is 1. The Kier molecular flexibility index (Phi) is 4.58. The molecule has 0 spiro atoms. The zero-order valence-corrected chi connectivity index (χ0v) is 11.6. The number of aromatic hydroxyl groups is 2. The van der Waals surface area contributed by atoms with Crippen LogP contribution in [0, 0.1) is 0 Å². The first-order valence-electron chi connectivity index (χ1n) is 6.51. The zero-order valence-electron chi connectivity index (χ0n) is 11.6. The highest BCUT2D eigenvalue weighted by molar-refractivity contribution is 6.08. The number of aliphatic carboxylic acids is 1. The first-order chi connectivity index (χ1) is 10.5. The molecule has 2 aromatic rings. The third kappa shape index (κ3) is 3.96. The molecule has 0 saturated heterocycles. The molecule has 0 aliphatic heterocycles. The maximum atomic E-state index is 12.1. The maximum absolute atomic E-state index is 12.1. The minimum Gasteiger partial charge on any atom is -0.508 e. The van der Waals surface area contributed by atoms with E-state index >= 15 is 0 Å². The quantitative estimate of drug-likeness (QED) is 0.582. The van der Waals surface area contributed by atoms with Crippen molar-refractivity contribution >= 4 is 17.8 Å². The standard InChI is InChI=1S/C17H14O5/c18-13-5-1-11(2-6-13)3-7-15(19)14-9-12(10-17(21)22)4-8-16(14)20/h1-9,18,20H,10H2,(H,21,22). The zero-order chi connectivity index (χ0) is 16.1. The molecule has 0 aromatic heterocycles. The molecule has 5 heteroatoms. The van der Waals surface area contributed by atoms with Crippen molar-refractivity contribution in [1.29, 1.82) is 0 Å². The van der Waals surface area contributed by atoms with Crippen LogP contribution in [0.2, 0.25) is 0 Å². The van der Waals surface area contributed by atoms with Crippen molar-refractivity contribution in [1.82, 2.24) is 0 Å². The fourth-order valence-corrected chi connectivity index (χ4v) is 1.91. The van der Waals surface area contributed by atoms with Gasteiger partial charge in [-0.1, -0.05) is 24.3 Å². The Bertz CT molecular complexity index is 729. The fourth-order valence-electron chi connectivity index (χ4n) is 1.91. The van der Waals surface area contributed by atoms with E-state index in [0.29, 0.717) is 11.1 Å². The topological polar surface area (TPSA) is 94.8 Å². The molecule has 112 valence electrons. The van der Waals surface area contributed by atoms with Crippen molar-refractivity contribution in [3.63, 3.8) is 0 Å². The van der Waals surface area contributed by atoms with Gasteiger partial charge in [0.15, 0.2) is 5.78 Å². The number of allylic oxidation sites excluding steroid dienone is 1. The van der Waals surface area contributed by atoms with Gasteiger partial charge in [-0.3, -0.25) is 9.59 Å². The molecule has 0 unspecified atom stereocenters. The third-order valence-corrected chi connectivity index (χ3v) is 3.00. The number of hydrogen-bond acceptors (Lipinski definition) is 4. The summed E-state index contributed by atoms with van der Waals surface area (Å²) in [5.74, 6) is -1.52. The highest BCUT2D eigenvalue weighted by Gasteiger charge is 2.11. The minimum atomic E-state index is -1.01. The van der Waals surface area contributed by atoms with Gasteiger partial charge in [-0.15, -0.1) is 0 Å². The molecule has 3 N–H and O–H groups in total. The second kappa shape index (κ2) is 6.58. The number of ketones is 1. The van der Waals surface area contributed by atoms with Crippen LogP contribution in [0.15, 0.2) is 48.5 Å². The van der Waals surface area contributed by atoms with Crippen molar-refractivity contribution in [2.75, 3.05) is 0 Å². The Morgan fingerprint density at radius 2 is 1.68 bits per heavy atom. The highest BCUT2D eigenvalue weighted by atomic mass is 16.4. The van der Waals surface area contributed by atoms with Gasteiger partial charge in [0.05, 0.1) is 12.0 Å². The molecule has 0 fully saturated rings. The van der Waals surface area contributed by atoms with E-state index in [1.165, 1.54) is 36.4 Å². The van der Waals surface area contributed by atoms with Crippen molar-refractivity contribution < 1.29 is 24.9 Å². The summed E-state index contributed by atoms with van der Waals surface area (Å²) in [6, 6.07) is 10.4. The van der Waals surface area contributed by atoms with Gasteiger partial charge in [-0.05, 0) is 41.5 Å². The number of carboxylic acid groups (broad SMARTS) is 1. The lowest BCUT2D eigenvalue weighted by atomic mass is 10.0. The number of benzene rings is 2. The highest BCUT2D eigenvalue weighted by Crippen LogP contribution is 2.20. The molecule has 5 nitrogen and oxygen atoms in total. The molecular formula is C17H14O5. The minimum absolute atomic E-state index is 0.0498. The summed E-state index contributed by atoms with van der Waals surface area (Å²) in [4.78, 5) is 22.8. The van der Waals surface area contributed by atoms with Crippen molar-refractivity contribution in [3.8, 4) is 11.5 Å². The largest absolute Gasteiger partial charge is 0.508 e. The SMILES string of the molecule is O=C(O)Cc1ccc(O)c(C(=O)C=Cc2ccc(O)cc2)c1. The molecule has 2 rings (SSSR count). The number of carbonyl (C=O) groups is 2.